The molecule has 1 heterocycles. The van der Waals surface area contributed by atoms with Crippen molar-refractivity contribution in [1.29, 1.82) is 0 Å². The van der Waals surface area contributed by atoms with Gasteiger partial charge in [-0.25, -0.2) is 0 Å². The highest BCUT2D eigenvalue weighted by Crippen LogP contribution is 2.29. The van der Waals surface area contributed by atoms with E-state index >= 15 is 0 Å². The predicted octanol–water partition coefficient (Wildman–Crippen LogP) is 4.37. The van der Waals surface area contributed by atoms with Crippen LogP contribution in [-0.4, -0.2) is 10.2 Å². The highest BCUT2D eigenvalue weighted by atomic mass is 19.4. The van der Waals surface area contributed by atoms with Gasteiger partial charge in [0.2, 0.25) is 11.8 Å². The van der Waals surface area contributed by atoms with Gasteiger partial charge in [-0.3, -0.25) is 0 Å². The molecule has 0 saturated carbocycles. The molecule has 0 aliphatic heterocycles. The number of rotatable bonds is 4. The van der Waals surface area contributed by atoms with Gasteiger partial charge in [0.05, 0.1) is 12.1 Å². The maximum atomic E-state index is 12.5. The third-order valence-electron chi connectivity index (χ3n) is 3.14. The average Bonchev–Trinajstić information content (AvgIpc) is 3.02. The largest absolute Gasteiger partial charge is 0.419 e. The molecule has 4 nitrogen and oxygen atoms in total. The summed E-state index contributed by atoms with van der Waals surface area (Å²) in [6.07, 6.45) is -4.34. The first kappa shape index (κ1) is 15.1. The third-order valence-corrected chi connectivity index (χ3v) is 3.14. The molecule has 2 aromatic carbocycles. The lowest BCUT2D eigenvalue weighted by molar-refractivity contribution is -0.137. The number of halogens is 3. The minimum atomic E-state index is -4.34. The van der Waals surface area contributed by atoms with Crippen LogP contribution in [0.5, 0.6) is 0 Å². The normalized spacial score (nSPS) is 11.4. The zero-order valence-corrected chi connectivity index (χ0v) is 11.8. The Morgan fingerprint density at radius 2 is 1.61 bits per heavy atom. The van der Waals surface area contributed by atoms with E-state index in [4.69, 9.17) is 4.42 Å². The van der Waals surface area contributed by atoms with Crippen molar-refractivity contribution in [2.75, 3.05) is 5.32 Å². The molecule has 0 aliphatic rings. The van der Waals surface area contributed by atoms with Crippen molar-refractivity contribution in [3.05, 3.63) is 66.1 Å². The van der Waals surface area contributed by atoms with Crippen LogP contribution in [0.15, 0.2) is 59.0 Å². The van der Waals surface area contributed by atoms with Gasteiger partial charge in [0.25, 0.3) is 0 Å². The Balaban J connectivity index is 1.64. The Morgan fingerprint density at radius 3 is 2.26 bits per heavy atom. The molecular formula is C16H12F3N3O. The zero-order chi connectivity index (χ0) is 16.3. The Morgan fingerprint density at radius 1 is 0.913 bits per heavy atom. The van der Waals surface area contributed by atoms with Crippen LogP contribution >= 0.6 is 0 Å². The number of nitrogens with zero attached hydrogens (tertiary/aromatic N) is 2. The standard InChI is InChI=1S/C16H12F3N3O/c17-16(18,19)12-6-8-13(9-7-12)20-10-14-21-22-15(23-14)11-4-2-1-3-5-11/h1-9,20H,10H2. The number of benzene rings is 2. The van der Waals surface area contributed by atoms with E-state index < -0.39 is 11.7 Å². The fourth-order valence-electron chi connectivity index (χ4n) is 1.98. The van der Waals surface area contributed by atoms with E-state index in [2.05, 4.69) is 15.5 Å². The maximum Gasteiger partial charge on any atom is 0.416 e. The molecule has 3 aromatic rings. The van der Waals surface area contributed by atoms with E-state index in [9.17, 15) is 13.2 Å². The maximum absolute atomic E-state index is 12.5. The number of hydrogen-bond acceptors (Lipinski definition) is 4. The van der Waals surface area contributed by atoms with E-state index in [0.29, 0.717) is 17.5 Å². The summed E-state index contributed by atoms with van der Waals surface area (Å²) in [6, 6.07) is 14.1. The summed E-state index contributed by atoms with van der Waals surface area (Å²) < 4.78 is 42.9. The average molecular weight is 319 g/mol. The lowest BCUT2D eigenvalue weighted by Gasteiger charge is -2.08. The molecule has 23 heavy (non-hydrogen) atoms. The van der Waals surface area contributed by atoms with Crippen LogP contribution in [0.3, 0.4) is 0 Å². The molecule has 3 rings (SSSR count). The zero-order valence-electron chi connectivity index (χ0n) is 11.8. The Bertz CT molecular complexity index is 767. The summed E-state index contributed by atoms with van der Waals surface area (Å²) in [5, 5.41) is 10.8. The summed E-state index contributed by atoms with van der Waals surface area (Å²) in [6.45, 7) is 0.227. The minimum Gasteiger partial charge on any atom is -0.419 e. The molecule has 0 saturated heterocycles. The van der Waals surface area contributed by atoms with Crippen LogP contribution < -0.4 is 5.32 Å². The summed E-state index contributed by atoms with van der Waals surface area (Å²) in [7, 11) is 0. The second-order valence-corrected chi connectivity index (χ2v) is 4.80. The monoisotopic (exact) mass is 319 g/mol. The molecule has 0 atom stereocenters. The molecule has 0 aliphatic carbocycles. The summed E-state index contributed by atoms with van der Waals surface area (Å²) in [5.74, 6) is 0.749. The van der Waals surface area contributed by atoms with Gasteiger partial charge in [0, 0.05) is 11.3 Å². The first-order valence-electron chi connectivity index (χ1n) is 6.81. The number of nitrogens with one attached hydrogen (secondary N) is 1. The van der Waals surface area contributed by atoms with Crippen LogP contribution in [0.25, 0.3) is 11.5 Å². The first-order chi connectivity index (χ1) is 11.0. The molecule has 1 N–H and O–H groups in total. The second-order valence-electron chi connectivity index (χ2n) is 4.80. The van der Waals surface area contributed by atoms with Crippen LogP contribution in [0.4, 0.5) is 18.9 Å². The number of aromatic nitrogens is 2. The minimum absolute atomic E-state index is 0.227. The topological polar surface area (TPSA) is 51.0 Å². The van der Waals surface area contributed by atoms with E-state index in [0.717, 1.165) is 17.7 Å². The lowest BCUT2D eigenvalue weighted by Crippen LogP contribution is -2.05. The predicted molar refractivity (Wildman–Crippen MR) is 78.5 cm³/mol. The van der Waals surface area contributed by atoms with Gasteiger partial charge in [0.1, 0.15) is 0 Å². The number of alkyl halides is 3. The van der Waals surface area contributed by atoms with Crippen LogP contribution in [0.2, 0.25) is 0 Å². The van der Waals surface area contributed by atoms with E-state index in [1.165, 1.54) is 12.1 Å². The molecule has 0 amide bonds. The van der Waals surface area contributed by atoms with Gasteiger partial charge in [-0.2, -0.15) is 13.2 Å². The van der Waals surface area contributed by atoms with Crippen molar-refractivity contribution in [3.63, 3.8) is 0 Å². The number of hydrogen-bond donors (Lipinski definition) is 1. The third kappa shape index (κ3) is 3.68. The van der Waals surface area contributed by atoms with Crippen LogP contribution in [0.1, 0.15) is 11.5 Å². The highest BCUT2D eigenvalue weighted by molar-refractivity contribution is 5.52. The summed E-state index contributed by atoms with van der Waals surface area (Å²) in [4.78, 5) is 0. The molecule has 1 aromatic heterocycles. The molecule has 7 heteroatoms. The molecule has 118 valence electrons. The second kappa shape index (κ2) is 6.12. The highest BCUT2D eigenvalue weighted by Gasteiger charge is 2.29. The van der Waals surface area contributed by atoms with Crippen molar-refractivity contribution in [1.82, 2.24) is 10.2 Å². The fourth-order valence-corrected chi connectivity index (χ4v) is 1.98. The molecule has 0 fully saturated rings. The Kier molecular flexibility index (Phi) is 4.01. The van der Waals surface area contributed by atoms with Gasteiger partial charge >= 0.3 is 6.18 Å². The van der Waals surface area contributed by atoms with Gasteiger partial charge in [-0.1, -0.05) is 18.2 Å². The molecule has 0 unspecified atom stereocenters. The SMILES string of the molecule is FC(F)(F)c1ccc(NCc2nnc(-c3ccccc3)o2)cc1. The lowest BCUT2D eigenvalue weighted by atomic mass is 10.2. The molecule has 0 spiro atoms. The van der Waals surface area contributed by atoms with Crippen molar-refractivity contribution in [2.45, 2.75) is 12.7 Å². The quantitative estimate of drug-likeness (QED) is 0.776. The molecular weight excluding hydrogens is 307 g/mol. The smallest absolute Gasteiger partial charge is 0.416 e. The van der Waals surface area contributed by atoms with Crippen LogP contribution in [0, 0.1) is 0 Å². The number of anilines is 1. The summed E-state index contributed by atoms with van der Waals surface area (Å²) in [5.41, 5.74) is 0.658. The first-order valence-corrected chi connectivity index (χ1v) is 6.81. The van der Waals surface area contributed by atoms with Crippen molar-refractivity contribution < 1.29 is 17.6 Å². The van der Waals surface area contributed by atoms with E-state index in [1.54, 1.807) is 0 Å². The van der Waals surface area contributed by atoms with E-state index in [-0.39, 0.29) is 6.54 Å². The van der Waals surface area contributed by atoms with Gasteiger partial charge in [0.15, 0.2) is 0 Å². The van der Waals surface area contributed by atoms with Crippen molar-refractivity contribution in [2.24, 2.45) is 0 Å². The fraction of sp³-hybridized carbons (Fsp3) is 0.125. The van der Waals surface area contributed by atoms with Gasteiger partial charge in [-0.15, -0.1) is 10.2 Å². The Labute approximate surface area is 130 Å². The van der Waals surface area contributed by atoms with E-state index in [1.807, 2.05) is 30.3 Å². The van der Waals surface area contributed by atoms with Gasteiger partial charge < -0.3 is 9.73 Å². The van der Waals surface area contributed by atoms with Crippen molar-refractivity contribution >= 4 is 5.69 Å². The summed E-state index contributed by atoms with van der Waals surface area (Å²) >= 11 is 0. The van der Waals surface area contributed by atoms with Crippen LogP contribution in [-0.2, 0) is 12.7 Å². The van der Waals surface area contributed by atoms with Crippen molar-refractivity contribution in [3.8, 4) is 11.5 Å². The molecule has 0 bridgehead atoms. The molecule has 0 radical (unpaired) electrons. The Hall–Kier alpha value is -2.83. The van der Waals surface area contributed by atoms with Gasteiger partial charge in [-0.05, 0) is 36.4 Å².